The van der Waals surface area contributed by atoms with Gasteiger partial charge in [0.15, 0.2) is 0 Å². The van der Waals surface area contributed by atoms with Crippen LogP contribution in [0.3, 0.4) is 0 Å². The summed E-state index contributed by atoms with van der Waals surface area (Å²) in [6.45, 7) is 17.0. The first-order valence-electron chi connectivity index (χ1n) is 10.4. The van der Waals surface area contributed by atoms with Crippen molar-refractivity contribution >= 4 is 63.4 Å². The Hall–Kier alpha value is -0.779. The van der Waals surface area contributed by atoms with Crippen LogP contribution in [0, 0.1) is 0 Å². The number of rotatable bonds is 10. The van der Waals surface area contributed by atoms with Crippen LogP contribution in [0.15, 0.2) is 60.7 Å². The second-order valence-corrected chi connectivity index (χ2v) is 22.7. The van der Waals surface area contributed by atoms with Gasteiger partial charge in [0.2, 0.25) is 0 Å². The van der Waals surface area contributed by atoms with Gasteiger partial charge in [-0.15, -0.1) is 18.1 Å². The van der Waals surface area contributed by atoms with Gasteiger partial charge in [-0.1, -0.05) is 36.4 Å². The molecule has 0 heterocycles. The van der Waals surface area contributed by atoms with Crippen LogP contribution in [-0.2, 0) is 19.9 Å². The molecule has 168 valence electrons. The van der Waals surface area contributed by atoms with Crippen LogP contribution < -0.4 is 10.4 Å². The molecule has 0 radical (unpaired) electrons. The van der Waals surface area contributed by atoms with E-state index in [1.807, 2.05) is 36.4 Å². The van der Waals surface area contributed by atoms with Crippen LogP contribution in [0.1, 0.15) is 0 Å². The van der Waals surface area contributed by atoms with E-state index in [4.69, 9.17) is 19.9 Å². The molecule has 2 rings (SSSR count). The molecule has 0 saturated carbocycles. The van der Waals surface area contributed by atoms with E-state index in [2.05, 4.69) is 76.6 Å². The average molecular weight is 523 g/mol. The van der Waals surface area contributed by atoms with E-state index in [0.29, 0.717) is 0 Å². The zero-order valence-electron chi connectivity index (χ0n) is 19.8. The van der Waals surface area contributed by atoms with Gasteiger partial charge in [-0.3, -0.25) is 4.12 Å². The average Bonchev–Trinajstić information content (AvgIpc) is 2.67. The molecule has 0 aliphatic carbocycles. The van der Waals surface area contributed by atoms with Gasteiger partial charge < -0.3 is 15.8 Å². The van der Waals surface area contributed by atoms with Crippen molar-refractivity contribution < 1.29 is 19.9 Å². The molecule has 2 aromatic carbocycles. The van der Waals surface area contributed by atoms with Crippen LogP contribution in [-0.4, -0.2) is 53.1 Å². The summed E-state index contributed by atoms with van der Waals surface area (Å²) in [6, 6.07) is 20.3. The van der Waals surface area contributed by atoms with Crippen LogP contribution >= 0.6 is 0 Å². The van der Waals surface area contributed by atoms with Crippen molar-refractivity contribution in [3.05, 3.63) is 60.7 Å². The Kier molecular flexibility index (Phi) is 10.2. The van der Waals surface area contributed by atoms with E-state index < -0.39 is 53.1 Å². The van der Waals surface area contributed by atoms with Crippen LogP contribution in [0.2, 0.25) is 52.4 Å². The van der Waals surface area contributed by atoms with Crippen molar-refractivity contribution in [2.45, 2.75) is 52.4 Å². The van der Waals surface area contributed by atoms with Gasteiger partial charge in [-0.25, -0.2) is 0 Å². The maximum atomic E-state index is 7.13. The van der Waals surface area contributed by atoms with Crippen molar-refractivity contribution in [3.8, 4) is 0 Å². The summed E-state index contributed by atoms with van der Waals surface area (Å²) in [7, 11) is -11.2. The standard InChI is InChI=1S/C20H34O5Si6/c1-26(2)21-30(22-27(3)4,19-15-11-9-12-16-19)25-31(23-28(5)6,24-29(7)8)20-17-13-10-14-18-20/h9-18H,1-8H3. The topological polar surface area (TPSA) is 50.3 Å². The Balaban J connectivity index is 2.83. The predicted octanol–water partition coefficient (Wildman–Crippen LogP) is 3.67. The maximum absolute atomic E-state index is 7.13. The largest absolute Gasteiger partial charge is 0.819 e. The van der Waals surface area contributed by atoms with Crippen LogP contribution in [0.5, 0.6) is 0 Å². The van der Waals surface area contributed by atoms with Crippen molar-refractivity contribution in [1.82, 2.24) is 0 Å². The lowest BCUT2D eigenvalue weighted by Crippen LogP contribution is -2.69. The van der Waals surface area contributed by atoms with Crippen LogP contribution in [0.25, 0.3) is 0 Å². The monoisotopic (exact) mass is 522 g/mol. The fraction of sp³-hybridized carbons (Fsp3) is 0.400. The Morgan fingerprint density at radius 3 is 1.19 bits per heavy atom. The molecule has 2 unspecified atom stereocenters. The molecule has 2 aromatic rings. The molecule has 5 nitrogen and oxygen atoms in total. The molecule has 0 spiro atoms. The van der Waals surface area contributed by atoms with E-state index in [-0.39, 0.29) is 0 Å². The summed E-state index contributed by atoms with van der Waals surface area (Å²) in [6.07, 6.45) is 0. The first kappa shape index (κ1) is 26.5. The molecule has 0 amide bonds. The Morgan fingerprint density at radius 1 is 0.613 bits per heavy atom. The van der Waals surface area contributed by atoms with Gasteiger partial charge >= 0.3 is 35.0 Å². The van der Waals surface area contributed by atoms with E-state index in [1.54, 1.807) is 0 Å². The Labute approximate surface area is 196 Å². The normalized spacial score (nSPS) is 15.3. The molecule has 0 aliphatic heterocycles. The van der Waals surface area contributed by atoms with Crippen molar-refractivity contribution in [2.75, 3.05) is 0 Å². The lowest BCUT2D eigenvalue weighted by Gasteiger charge is -2.33. The summed E-state index contributed by atoms with van der Waals surface area (Å²) in [5.74, 6) is 0. The third-order valence-electron chi connectivity index (χ3n) is 3.88. The lowest BCUT2D eigenvalue weighted by atomic mass is 10.4. The Morgan fingerprint density at radius 2 is 0.935 bits per heavy atom. The van der Waals surface area contributed by atoms with Crippen molar-refractivity contribution in [1.29, 1.82) is 0 Å². The van der Waals surface area contributed by atoms with Gasteiger partial charge in [0, 0.05) is 26.2 Å². The smallest absolute Gasteiger partial charge is 0.532 e. The highest BCUT2D eigenvalue weighted by atomic mass is 28.5. The highest BCUT2D eigenvalue weighted by Gasteiger charge is 2.71. The predicted molar refractivity (Wildman–Crippen MR) is 138 cm³/mol. The molecule has 11 heteroatoms. The minimum atomic E-state index is -3.31. The number of benzene rings is 2. The van der Waals surface area contributed by atoms with E-state index in [1.165, 1.54) is 0 Å². The van der Waals surface area contributed by atoms with Crippen molar-refractivity contribution in [2.24, 2.45) is 0 Å². The highest BCUT2D eigenvalue weighted by molar-refractivity contribution is 6.92. The second-order valence-electron chi connectivity index (χ2n) is 7.99. The molecule has 0 aromatic heterocycles. The van der Waals surface area contributed by atoms with E-state index >= 15 is 0 Å². The van der Waals surface area contributed by atoms with E-state index in [0.717, 1.165) is 10.4 Å². The highest BCUT2D eigenvalue weighted by Crippen LogP contribution is 2.20. The quantitative estimate of drug-likeness (QED) is 0.353. The zero-order chi connectivity index (χ0) is 23.1. The SMILES string of the molecule is C[Si](C)=[O+][Si](O[Si-](C)C)(O[Si](O[Si-](C)C)([O+]=[Si](C)C)c1ccccc1)c1ccccc1. The van der Waals surface area contributed by atoms with Crippen molar-refractivity contribution in [3.63, 3.8) is 0 Å². The summed E-state index contributed by atoms with van der Waals surface area (Å²) in [4.78, 5) is 0. The summed E-state index contributed by atoms with van der Waals surface area (Å²) in [5, 5.41) is 1.93. The molecular weight excluding hydrogens is 489 g/mol. The van der Waals surface area contributed by atoms with Crippen LogP contribution in [0.4, 0.5) is 0 Å². The summed E-state index contributed by atoms with van der Waals surface area (Å²) >= 11 is 0. The first-order valence-corrected chi connectivity index (χ1v) is 23.4. The van der Waals surface area contributed by atoms with Gasteiger partial charge in [0.1, 0.15) is 0 Å². The third kappa shape index (κ3) is 7.64. The summed E-state index contributed by atoms with van der Waals surface area (Å²) < 4.78 is 33.9. The molecule has 2 atom stereocenters. The maximum Gasteiger partial charge on any atom is 0.819 e. The number of hydrogen-bond acceptors (Lipinski definition) is 3. The molecule has 0 N–H and O–H groups in total. The second kappa shape index (κ2) is 11.9. The van der Waals surface area contributed by atoms with E-state index in [9.17, 15) is 0 Å². The van der Waals surface area contributed by atoms with Gasteiger partial charge in [0.25, 0.3) is 0 Å². The molecule has 0 saturated heterocycles. The molecule has 31 heavy (non-hydrogen) atoms. The molecule has 0 bridgehead atoms. The summed E-state index contributed by atoms with van der Waals surface area (Å²) in [5.41, 5.74) is 0. The minimum absolute atomic E-state index is 0.967. The fourth-order valence-electron chi connectivity index (χ4n) is 3.01. The third-order valence-corrected chi connectivity index (χ3v) is 18.9. The fourth-order valence-corrected chi connectivity index (χ4v) is 20.3. The Bertz CT molecular complexity index is 812. The van der Waals surface area contributed by atoms with Gasteiger partial charge in [-0.05, 0) is 24.3 Å². The lowest BCUT2D eigenvalue weighted by molar-refractivity contribution is 0.102. The minimum Gasteiger partial charge on any atom is -0.532 e. The zero-order valence-corrected chi connectivity index (χ0v) is 25.8. The van der Waals surface area contributed by atoms with Gasteiger partial charge in [0.05, 0.1) is 10.4 Å². The first-order chi connectivity index (χ1) is 14.6. The molecule has 0 fully saturated rings. The molecule has 0 aliphatic rings. The van der Waals surface area contributed by atoms with Gasteiger partial charge in [-0.2, -0.15) is 26.2 Å². The molecular formula is C20H34O5Si6. The number of hydrogen-bond donors (Lipinski definition) is 0.